The van der Waals surface area contributed by atoms with Crippen LogP contribution in [0.4, 0.5) is 0 Å². The molecule has 554 valence electrons. The van der Waals surface area contributed by atoms with Crippen LogP contribution >= 0.6 is 15.6 Å². The van der Waals surface area contributed by atoms with Gasteiger partial charge in [0.05, 0.1) is 26.4 Å². The number of phosphoric ester groups is 2. The third kappa shape index (κ3) is 68.1. The van der Waals surface area contributed by atoms with E-state index in [1.165, 1.54) is 180 Å². The summed E-state index contributed by atoms with van der Waals surface area (Å²) in [5.74, 6) is -2.15. The molecule has 0 radical (unpaired) electrons. The number of hydrogen-bond acceptors (Lipinski definition) is 15. The fourth-order valence-electron chi connectivity index (χ4n) is 11.0. The smallest absolute Gasteiger partial charge is 0.462 e. The van der Waals surface area contributed by atoms with Crippen LogP contribution in [0.3, 0.4) is 0 Å². The van der Waals surface area contributed by atoms with Crippen molar-refractivity contribution in [1.82, 2.24) is 0 Å². The number of aliphatic hydroxyl groups is 1. The number of carbonyl (C=O) groups is 4. The second-order valence-corrected chi connectivity index (χ2v) is 29.2. The van der Waals surface area contributed by atoms with Gasteiger partial charge in [-0.1, -0.05) is 296 Å². The lowest BCUT2D eigenvalue weighted by molar-refractivity contribution is -0.161. The molecule has 0 heterocycles. The zero-order valence-corrected chi connectivity index (χ0v) is 62.2. The molecule has 0 spiro atoms. The van der Waals surface area contributed by atoms with E-state index in [4.69, 9.17) is 37.0 Å². The minimum atomic E-state index is -4.96. The molecule has 0 bridgehead atoms. The van der Waals surface area contributed by atoms with Crippen LogP contribution in [0.2, 0.25) is 0 Å². The first kappa shape index (κ1) is 91.5. The SMILES string of the molecule is CCCCCC/C=C\CCCCCCCC(=O)O[C@H](COC(=O)CCCCCCCCCCCCCCC)COP(=O)(O)OC[C@@H](O)COP(=O)(O)OC[C@@H](COC(=O)CCCCCCCCCCCCCCC)OC(=O)CCCCCCC/C=C\CCCCCCCC. The number of rotatable bonds is 74. The fraction of sp³-hybridized carbons (Fsp3) is 0.893. The molecule has 0 aliphatic carbocycles. The summed E-state index contributed by atoms with van der Waals surface area (Å²) in [5, 5.41) is 10.6. The topological polar surface area (TPSA) is 237 Å². The molecule has 19 heteroatoms. The molecule has 0 fully saturated rings. The highest BCUT2D eigenvalue weighted by Gasteiger charge is 2.30. The van der Waals surface area contributed by atoms with Crippen molar-refractivity contribution in [2.45, 2.75) is 393 Å². The molecular formula is C75H142O17P2. The van der Waals surface area contributed by atoms with E-state index in [0.717, 1.165) is 116 Å². The van der Waals surface area contributed by atoms with E-state index in [0.29, 0.717) is 25.7 Å². The number of unbranched alkanes of at least 4 members (excludes halogenated alkanes) is 44. The third-order valence-electron chi connectivity index (χ3n) is 16.9. The van der Waals surface area contributed by atoms with E-state index in [1.807, 2.05) is 0 Å². The van der Waals surface area contributed by atoms with Crippen LogP contribution in [0, 0.1) is 0 Å². The average Bonchev–Trinajstić information content (AvgIpc) is 1.32. The Kier molecular flexibility index (Phi) is 67.2. The highest BCUT2D eigenvalue weighted by Crippen LogP contribution is 2.45. The summed E-state index contributed by atoms with van der Waals surface area (Å²) in [6.07, 6.45) is 61.6. The van der Waals surface area contributed by atoms with E-state index in [2.05, 4.69) is 52.0 Å². The van der Waals surface area contributed by atoms with Crippen LogP contribution in [0.25, 0.3) is 0 Å². The molecule has 5 atom stereocenters. The average molecular weight is 1380 g/mol. The highest BCUT2D eigenvalue weighted by atomic mass is 31.2. The summed E-state index contributed by atoms with van der Waals surface area (Å²) in [5.41, 5.74) is 0. The van der Waals surface area contributed by atoms with E-state index in [-0.39, 0.29) is 25.7 Å². The van der Waals surface area contributed by atoms with Gasteiger partial charge in [-0.2, -0.15) is 0 Å². The van der Waals surface area contributed by atoms with Gasteiger partial charge in [-0.05, 0) is 77.0 Å². The van der Waals surface area contributed by atoms with Gasteiger partial charge in [-0.3, -0.25) is 37.3 Å². The van der Waals surface area contributed by atoms with Gasteiger partial charge in [0.1, 0.15) is 19.3 Å². The molecule has 3 N–H and O–H groups in total. The third-order valence-corrected chi connectivity index (χ3v) is 18.8. The summed E-state index contributed by atoms with van der Waals surface area (Å²) >= 11 is 0. The van der Waals surface area contributed by atoms with E-state index in [9.17, 15) is 43.2 Å². The van der Waals surface area contributed by atoms with Crippen molar-refractivity contribution in [1.29, 1.82) is 0 Å². The monoisotopic (exact) mass is 1380 g/mol. The molecule has 0 aromatic heterocycles. The number of phosphoric acid groups is 2. The second-order valence-electron chi connectivity index (χ2n) is 26.3. The van der Waals surface area contributed by atoms with Gasteiger partial charge < -0.3 is 33.8 Å². The number of esters is 4. The number of allylic oxidation sites excluding steroid dienone is 4. The normalized spacial score (nSPS) is 14.1. The van der Waals surface area contributed by atoms with E-state index >= 15 is 0 Å². The lowest BCUT2D eigenvalue weighted by atomic mass is 10.0. The van der Waals surface area contributed by atoms with Crippen molar-refractivity contribution in [3.05, 3.63) is 24.3 Å². The predicted molar refractivity (Wildman–Crippen MR) is 381 cm³/mol. The molecule has 0 aliphatic heterocycles. The number of ether oxygens (including phenoxy) is 4. The van der Waals surface area contributed by atoms with Crippen molar-refractivity contribution >= 4 is 39.5 Å². The van der Waals surface area contributed by atoms with Gasteiger partial charge in [0, 0.05) is 25.7 Å². The zero-order valence-electron chi connectivity index (χ0n) is 60.4. The quantitative estimate of drug-likeness (QED) is 0.0169. The Balaban J connectivity index is 5.30. The Morgan fingerprint density at radius 2 is 0.489 bits per heavy atom. The first-order valence-corrected chi connectivity index (χ1v) is 41.6. The van der Waals surface area contributed by atoms with Crippen LogP contribution in [0.5, 0.6) is 0 Å². The van der Waals surface area contributed by atoms with Gasteiger partial charge >= 0.3 is 39.5 Å². The molecule has 2 unspecified atom stereocenters. The van der Waals surface area contributed by atoms with Gasteiger partial charge in [0.15, 0.2) is 12.2 Å². The van der Waals surface area contributed by atoms with Crippen molar-refractivity contribution in [2.75, 3.05) is 39.6 Å². The van der Waals surface area contributed by atoms with Crippen LogP contribution in [0.1, 0.15) is 374 Å². The number of carbonyl (C=O) groups excluding carboxylic acids is 4. The van der Waals surface area contributed by atoms with Crippen molar-refractivity contribution in [2.24, 2.45) is 0 Å². The molecule has 0 saturated heterocycles. The molecule has 0 amide bonds. The maximum atomic E-state index is 13.1. The molecule has 0 saturated carbocycles. The zero-order chi connectivity index (χ0) is 69.0. The molecule has 0 aromatic rings. The minimum absolute atomic E-state index is 0.0932. The standard InChI is InChI=1S/C75H142O17P2/c1-5-9-13-17-21-25-29-33-34-38-42-46-50-54-58-62-75(80)92-71(66-86-73(78)60-56-52-48-44-40-36-31-27-23-19-15-11-7-3)68-90-94(83,84)88-64-69(76)63-87-93(81,82)89-67-70(91-74(79)61-57-53-49-45-41-37-32-28-24-20-16-12-8-4)65-85-72(77)59-55-51-47-43-39-35-30-26-22-18-14-10-6-2/h28,32-34,69-71,76H,5-27,29-31,35-68H2,1-4H3,(H,81,82)(H,83,84)/b32-28-,34-33-/t69-,70-,71-/m1/s1. The summed E-state index contributed by atoms with van der Waals surface area (Å²) in [6.45, 7) is 4.92. The Morgan fingerprint density at radius 1 is 0.287 bits per heavy atom. The molecule has 0 rings (SSSR count). The van der Waals surface area contributed by atoms with Crippen molar-refractivity contribution < 1.29 is 80.2 Å². The van der Waals surface area contributed by atoms with Gasteiger partial charge in [-0.25, -0.2) is 9.13 Å². The van der Waals surface area contributed by atoms with Crippen LogP contribution in [-0.2, 0) is 65.4 Å². The molecule has 0 aliphatic rings. The largest absolute Gasteiger partial charge is 0.472 e. The van der Waals surface area contributed by atoms with Crippen molar-refractivity contribution in [3.8, 4) is 0 Å². The number of aliphatic hydroxyl groups excluding tert-OH is 1. The molecule has 94 heavy (non-hydrogen) atoms. The lowest BCUT2D eigenvalue weighted by Gasteiger charge is -2.21. The van der Waals surface area contributed by atoms with Gasteiger partial charge in [0.2, 0.25) is 0 Å². The van der Waals surface area contributed by atoms with Gasteiger partial charge in [0.25, 0.3) is 0 Å². The summed E-state index contributed by atoms with van der Waals surface area (Å²) < 4.78 is 68.5. The van der Waals surface area contributed by atoms with Crippen LogP contribution in [-0.4, -0.2) is 96.7 Å². The molecular weight excluding hydrogens is 1230 g/mol. The Labute approximate surface area is 573 Å². The van der Waals surface area contributed by atoms with Crippen LogP contribution < -0.4 is 0 Å². The van der Waals surface area contributed by atoms with Crippen molar-refractivity contribution in [3.63, 3.8) is 0 Å². The summed E-state index contributed by atoms with van der Waals surface area (Å²) in [7, 11) is -9.92. The summed E-state index contributed by atoms with van der Waals surface area (Å²) in [6, 6.07) is 0. The second kappa shape index (κ2) is 69.0. The van der Waals surface area contributed by atoms with E-state index in [1.54, 1.807) is 0 Å². The maximum Gasteiger partial charge on any atom is 0.472 e. The first-order chi connectivity index (χ1) is 45.7. The first-order valence-electron chi connectivity index (χ1n) is 38.6. The Morgan fingerprint density at radius 3 is 0.745 bits per heavy atom. The van der Waals surface area contributed by atoms with Crippen LogP contribution in [0.15, 0.2) is 24.3 Å². The summed E-state index contributed by atoms with van der Waals surface area (Å²) in [4.78, 5) is 72.8. The van der Waals surface area contributed by atoms with E-state index < -0.39 is 97.5 Å². The van der Waals surface area contributed by atoms with Gasteiger partial charge in [-0.15, -0.1) is 0 Å². The highest BCUT2D eigenvalue weighted by molar-refractivity contribution is 7.47. The predicted octanol–water partition coefficient (Wildman–Crippen LogP) is 21.8. The maximum absolute atomic E-state index is 13.1. The molecule has 17 nitrogen and oxygen atoms in total. The minimum Gasteiger partial charge on any atom is -0.462 e. The Bertz CT molecular complexity index is 1880. The fourth-order valence-corrected chi connectivity index (χ4v) is 12.6. The molecule has 0 aromatic carbocycles. The number of hydrogen-bond donors (Lipinski definition) is 3. The lowest BCUT2D eigenvalue weighted by Crippen LogP contribution is -2.30. The Hall–Kier alpha value is -2.46.